The molecule has 4 heteroatoms. The summed E-state index contributed by atoms with van der Waals surface area (Å²) < 4.78 is 0. The van der Waals surface area contributed by atoms with E-state index in [-0.39, 0.29) is 0 Å². The molecule has 0 radical (unpaired) electrons. The molecular formula is C36H66O4. The van der Waals surface area contributed by atoms with E-state index in [0.717, 1.165) is 38.5 Å². The van der Waals surface area contributed by atoms with Crippen LogP contribution in [0.15, 0.2) is 24.3 Å². The Labute approximate surface area is 248 Å². The summed E-state index contributed by atoms with van der Waals surface area (Å²) in [6.45, 7) is 4.54. The molecule has 0 fully saturated rings. The van der Waals surface area contributed by atoms with Gasteiger partial charge in [0.1, 0.15) is 0 Å². The van der Waals surface area contributed by atoms with Crippen molar-refractivity contribution in [1.29, 1.82) is 0 Å². The number of carboxylic acids is 2. The lowest BCUT2D eigenvalue weighted by Crippen LogP contribution is -2.11. The van der Waals surface area contributed by atoms with E-state index in [1.165, 1.54) is 116 Å². The Morgan fingerprint density at radius 1 is 0.475 bits per heavy atom. The summed E-state index contributed by atoms with van der Waals surface area (Å²) in [7, 11) is 0. The minimum Gasteiger partial charge on any atom is -0.481 e. The molecule has 0 saturated heterocycles. The Morgan fingerprint density at radius 2 is 0.800 bits per heavy atom. The highest BCUT2D eigenvalue weighted by Gasteiger charge is 2.16. The van der Waals surface area contributed by atoms with Crippen LogP contribution in [-0.4, -0.2) is 22.2 Å². The largest absolute Gasteiger partial charge is 0.481 e. The predicted molar refractivity (Wildman–Crippen MR) is 172 cm³/mol. The van der Waals surface area contributed by atoms with Crippen LogP contribution in [-0.2, 0) is 9.59 Å². The molecule has 0 spiro atoms. The maximum Gasteiger partial charge on any atom is 0.303 e. The Hall–Kier alpha value is -1.58. The highest BCUT2D eigenvalue weighted by Crippen LogP contribution is 2.29. The van der Waals surface area contributed by atoms with Crippen LogP contribution in [0, 0.1) is 11.8 Å². The van der Waals surface area contributed by atoms with Gasteiger partial charge in [-0.15, -0.1) is 0 Å². The maximum absolute atomic E-state index is 10.8. The number of carbonyl (C=O) groups is 2. The van der Waals surface area contributed by atoms with E-state index < -0.39 is 11.9 Å². The van der Waals surface area contributed by atoms with E-state index in [4.69, 9.17) is 10.2 Å². The van der Waals surface area contributed by atoms with Crippen molar-refractivity contribution < 1.29 is 19.8 Å². The summed E-state index contributed by atoms with van der Waals surface area (Å²) in [6.07, 6.45) is 39.4. The first kappa shape index (κ1) is 38.4. The molecule has 0 aliphatic rings. The molecule has 40 heavy (non-hydrogen) atoms. The van der Waals surface area contributed by atoms with Crippen LogP contribution in [0.2, 0.25) is 0 Å². The van der Waals surface area contributed by atoms with Crippen LogP contribution >= 0.6 is 0 Å². The van der Waals surface area contributed by atoms with Crippen LogP contribution < -0.4 is 0 Å². The van der Waals surface area contributed by atoms with Crippen LogP contribution in [0.1, 0.15) is 181 Å². The second-order valence-corrected chi connectivity index (χ2v) is 12.0. The van der Waals surface area contributed by atoms with Crippen LogP contribution in [0.4, 0.5) is 0 Å². The molecule has 4 nitrogen and oxygen atoms in total. The minimum atomic E-state index is -0.679. The Kier molecular flexibility index (Phi) is 29.2. The van der Waals surface area contributed by atoms with Crippen molar-refractivity contribution in [3.05, 3.63) is 24.3 Å². The van der Waals surface area contributed by atoms with Crippen LogP contribution in [0.5, 0.6) is 0 Å². The molecular weight excluding hydrogens is 496 g/mol. The van der Waals surface area contributed by atoms with Gasteiger partial charge in [-0.25, -0.2) is 0 Å². The third-order valence-corrected chi connectivity index (χ3v) is 8.12. The van der Waals surface area contributed by atoms with E-state index >= 15 is 0 Å². The number of unbranched alkanes of at least 4 members (excludes halogenated alkanes) is 18. The molecule has 0 aromatic rings. The number of aliphatic carboxylic acids is 2. The van der Waals surface area contributed by atoms with Gasteiger partial charge in [0, 0.05) is 12.8 Å². The lowest BCUT2D eigenvalue weighted by Gasteiger charge is -2.23. The summed E-state index contributed by atoms with van der Waals surface area (Å²) in [4.78, 5) is 21.5. The molecule has 2 atom stereocenters. The Bertz CT molecular complexity index is 570. The van der Waals surface area contributed by atoms with Gasteiger partial charge in [-0.2, -0.15) is 0 Å². The lowest BCUT2D eigenvalue weighted by molar-refractivity contribution is -0.138. The van der Waals surface area contributed by atoms with Gasteiger partial charge in [0.2, 0.25) is 0 Å². The molecule has 0 rings (SSSR count). The highest BCUT2D eigenvalue weighted by molar-refractivity contribution is 5.66. The standard InChI is InChI=1S/C36H66O4/c1-3-5-7-9-11-15-21-27-33(29-23-17-13-19-25-31-35(37)38)34(28-22-16-12-10-8-6-4-2)30-24-18-14-20-26-32-36(39)40/h21-22,27-28,33-34H,3-20,23-26,29-32H2,1-2H3,(H,37,38)(H,39,40)/b27-21+,28-22+. The van der Waals surface area contributed by atoms with Crippen molar-refractivity contribution in [3.63, 3.8) is 0 Å². The van der Waals surface area contributed by atoms with Crippen molar-refractivity contribution in [2.45, 2.75) is 181 Å². The molecule has 0 bridgehead atoms. The van der Waals surface area contributed by atoms with Gasteiger partial charge in [0.05, 0.1) is 0 Å². The Morgan fingerprint density at radius 3 is 1.18 bits per heavy atom. The summed E-state index contributed by atoms with van der Waals surface area (Å²) >= 11 is 0. The summed E-state index contributed by atoms with van der Waals surface area (Å²) in [6, 6.07) is 0. The molecule has 2 N–H and O–H groups in total. The van der Waals surface area contributed by atoms with Gasteiger partial charge >= 0.3 is 11.9 Å². The average Bonchev–Trinajstić information content (AvgIpc) is 2.92. The number of carboxylic acid groups (broad SMARTS) is 2. The molecule has 0 saturated carbocycles. The lowest BCUT2D eigenvalue weighted by atomic mass is 9.82. The molecule has 0 aliphatic heterocycles. The first-order valence-corrected chi connectivity index (χ1v) is 17.3. The normalized spacial score (nSPS) is 13.3. The van der Waals surface area contributed by atoms with E-state index in [2.05, 4.69) is 38.2 Å². The maximum atomic E-state index is 10.8. The van der Waals surface area contributed by atoms with Crippen molar-refractivity contribution in [3.8, 4) is 0 Å². The number of hydrogen-bond donors (Lipinski definition) is 2. The molecule has 234 valence electrons. The number of hydrogen-bond acceptors (Lipinski definition) is 2. The molecule has 0 amide bonds. The monoisotopic (exact) mass is 562 g/mol. The van der Waals surface area contributed by atoms with Crippen molar-refractivity contribution in [2.24, 2.45) is 11.8 Å². The number of rotatable bonds is 31. The third-order valence-electron chi connectivity index (χ3n) is 8.12. The van der Waals surface area contributed by atoms with Gasteiger partial charge in [-0.3, -0.25) is 9.59 Å². The second kappa shape index (κ2) is 30.4. The zero-order chi connectivity index (χ0) is 29.5. The van der Waals surface area contributed by atoms with Gasteiger partial charge in [-0.05, 0) is 63.2 Å². The smallest absolute Gasteiger partial charge is 0.303 e. The molecule has 2 unspecified atom stereocenters. The van der Waals surface area contributed by atoms with Crippen LogP contribution in [0.3, 0.4) is 0 Å². The third kappa shape index (κ3) is 28.0. The van der Waals surface area contributed by atoms with Crippen molar-refractivity contribution >= 4 is 11.9 Å². The summed E-state index contributed by atoms with van der Waals surface area (Å²) in [5.41, 5.74) is 0. The summed E-state index contributed by atoms with van der Waals surface area (Å²) in [5, 5.41) is 17.7. The first-order valence-electron chi connectivity index (χ1n) is 17.3. The van der Waals surface area contributed by atoms with E-state index in [1.807, 2.05) is 0 Å². The highest BCUT2D eigenvalue weighted by atomic mass is 16.4. The second-order valence-electron chi connectivity index (χ2n) is 12.0. The fourth-order valence-corrected chi connectivity index (χ4v) is 5.55. The quantitative estimate of drug-likeness (QED) is 0.0651. The fourth-order valence-electron chi connectivity index (χ4n) is 5.55. The number of allylic oxidation sites excluding steroid dienone is 4. The zero-order valence-corrected chi connectivity index (χ0v) is 26.6. The van der Waals surface area contributed by atoms with E-state index in [1.54, 1.807) is 0 Å². The average molecular weight is 563 g/mol. The SMILES string of the molecule is CCCCCCC/C=C/C(CCCCCCCC(=O)O)C(/C=C/CCCCCCC)CCCCCCCC(=O)O. The molecule has 0 aromatic carbocycles. The van der Waals surface area contributed by atoms with E-state index in [0.29, 0.717) is 24.7 Å². The fraction of sp³-hybridized carbons (Fsp3) is 0.833. The van der Waals surface area contributed by atoms with E-state index in [9.17, 15) is 9.59 Å². The topological polar surface area (TPSA) is 74.6 Å². The minimum absolute atomic E-state index is 0.297. The molecule has 0 aliphatic carbocycles. The van der Waals surface area contributed by atoms with Crippen molar-refractivity contribution in [1.82, 2.24) is 0 Å². The molecule has 0 aromatic heterocycles. The van der Waals surface area contributed by atoms with Gasteiger partial charge in [0.15, 0.2) is 0 Å². The van der Waals surface area contributed by atoms with Crippen LogP contribution in [0.25, 0.3) is 0 Å². The summed E-state index contributed by atoms with van der Waals surface area (Å²) in [5.74, 6) is -0.195. The first-order chi connectivity index (χ1) is 19.5. The van der Waals surface area contributed by atoms with Crippen molar-refractivity contribution in [2.75, 3.05) is 0 Å². The zero-order valence-electron chi connectivity index (χ0n) is 26.6. The Balaban J connectivity index is 4.98. The van der Waals surface area contributed by atoms with Gasteiger partial charge in [0.25, 0.3) is 0 Å². The van der Waals surface area contributed by atoms with Gasteiger partial charge < -0.3 is 10.2 Å². The molecule has 0 heterocycles. The van der Waals surface area contributed by atoms with Gasteiger partial charge in [-0.1, -0.05) is 141 Å². The predicted octanol–water partition coefficient (Wildman–Crippen LogP) is 11.7.